The molecule has 244 valence electrons. The second-order valence-electron chi connectivity index (χ2n) is 10.8. The molecule has 1 N–H and O–H groups in total. The second kappa shape index (κ2) is 17.8. The average molecular weight is 632 g/mol. The summed E-state index contributed by atoms with van der Waals surface area (Å²) >= 11 is 0. The van der Waals surface area contributed by atoms with Crippen LogP contribution in [0.4, 0.5) is 4.39 Å². The number of methoxy groups -OCH3 is 1. The van der Waals surface area contributed by atoms with E-state index in [-0.39, 0.29) is 18.0 Å². The van der Waals surface area contributed by atoms with Crippen molar-refractivity contribution in [2.45, 2.75) is 33.1 Å². The van der Waals surface area contributed by atoms with Crippen molar-refractivity contribution >= 4 is 22.6 Å². The monoisotopic (exact) mass is 631 g/mol. The molecule has 0 saturated carbocycles. The van der Waals surface area contributed by atoms with Crippen LogP contribution in [0.3, 0.4) is 0 Å². The molecular formula is C36H42FN3O6. The van der Waals surface area contributed by atoms with Crippen molar-refractivity contribution in [1.29, 1.82) is 0 Å². The fourth-order valence-corrected chi connectivity index (χ4v) is 4.82. The summed E-state index contributed by atoms with van der Waals surface area (Å²) in [4.78, 5) is 28.8. The number of halogens is 1. The Morgan fingerprint density at radius 2 is 1.76 bits per heavy atom. The fourth-order valence-electron chi connectivity index (χ4n) is 4.82. The highest BCUT2D eigenvalue weighted by Crippen LogP contribution is 2.37. The first-order valence-corrected chi connectivity index (χ1v) is 15.6. The molecule has 1 aliphatic rings. The lowest BCUT2D eigenvalue weighted by Gasteiger charge is -2.26. The van der Waals surface area contributed by atoms with Crippen molar-refractivity contribution < 1.29 is 32.9 Å². The van der Waals surface area contributed by atoms with Gasteiger partial charge >= 0.3 is 0 Å². The summed E-state index contributed by atoms with van der Waals surface area (Å²) in [6, 6.07) is 20.1. The van der Waals surface area contributed by atoms with Gasteiger partial charge in [-0.25, -0.2) is 4.39 Å². The summed E-state index contributed by atoms with van der Waals surface area (Å²) in [7, 11) is 1.60. The smallest absolute Gasteiger partial charge is 0.287 e. The molecule has 46 heavy (non-hydrogen) atoms. The first-order chi connectivity index (χ1) is 22.4. The molecule has 1 saturated heterocycles. The molecule has 0 spiro atoms. The number of pyridine rings is 1. The van der Waals surface area contributed by atoms with E-state index in [0.717, 1.165) is 62.2 Å². The van der Waals surface area contributed by atoms with Crippen LogP contribution in [0.15, 0.2) is 72.9 Å². The number of nitrogens with one attached hydrogen (secondary N) is 1. The number of carbonyl (C=O) groups excluding carboxylic acids is 2. The maximum atomic E-state index is 14.3. The Kier molecular flexibility index (Phi) is 13.3. The van der Waals surface area contributed by atoms with Gasteiger partial charge in [0.2, 0.25) is 5.78 Å². The number of fused-ring (bicyclic) bond motifs is 1. The van der Waals surface area contributed by atoms with Gasteiger partial charge in [0, 0.05) is 50.2 Å². The molecule has 2 heterocycles. The predicted octanol–water partition coefficient (Wildman–Crippen LogP) is 5.91. The van der Waals surface area contributed by atoms with E-state index >= 15 is 0 Å². The van der Waals surface area contributed by atoms with Gasteiger partial charge in [-0.2, -0.15) is 0 Å². The number of aromatic nitrogens is 1. The fraction of sp³-hybridized carbons (Fsp3) is 0.361. The van der Waals surface area contributed by atoms with Crippen molar-refractivity contribution in [2.75, 3.05) is 53.1 Å². The molecular weight excluding hydrogens is 589 g/mol. The van der Waals surface area contributed by atoms with E-state index < -0.39 is 11.7 Å². The molecule has 0 radical (unpaired) electrons. The summed E-state index contributed by atoms with van der Waals surface area (Å²) in [5.74, 6) is 0.642. The molecule has 4 aromatic rings. The summed E-state index contributed by atoms with van der Waals surface area (Å²) < 4.78 is 37.0. The normalized spacial score (nSPS) is 13.0. The van der Waals surface area contributed by atoms with Crippen LogP contribution in [0.2, 0.25) is 0 Å². The average Bonchev–Trinajstić information content (AvgIpc) is 3.08. The van der Waals surface area contributed by atoms with Gasteiger partial charge in [0.05, 0.1) is 32.4 Å². The number of amides is 1. The van der Waals surface area contributed by atoms with Gasteiger partial charge in [0.25, 0.3) is 5.91 Å². The van der Waals surface area contributed by atoms with Crippen LogP contribution in [0.1, 0.15) is 30.9 Å². The Bertz CT molecular complexity index is 1580. The lowest BCUT2D eigenvalue weighted by molar-refractivity contribution is -0.137. The number of nitrogens with zero attached hydrogens (tertiary/aromatic N) is 2. The van der Waals surface area contributed by atoms with Crippen molar-refractivity contribution in [3.05, 3.63) is 89.9 Å². The van der Waals surface area contributed by atoms with Crippen LogP contribution >= 0.6 is 0 Å². The van der Waals surface area contributed by atoms with Gasteiger partial charge in [0.1, 0.15) is 5.75 Å². The van der Waals surface area contributed by atoms with Crippen molar-refractivity contribution in [3.8, 4) is 23.0 Å². The number of carbonyl (C=O) groups is 2. The Hall–Kier alpha value is -4.54. The standard InChI is InChI=1S/C24H27FN2O4.C12H15NO2/c1-17-4-5-22(19(25)14-17)31-21-6-7-26-20-16-24(23(28-2)15-18(20)21)30-11-3-8-27-9-12-29-13-10-27;1-2-11(14)12(15)13-9-8-10-6-4-3-5-7-10/h4-7,14-16H,3,8-13H2,1-2H3;3-7H,2,8-9H2,1H3,(H,13,15). The van der Waals surface area contributed by atoms with Gasteiger partial charge in [-0.3, -0.25) is 19.5 Å². The minimum absolute atomic E-state index is 0.167. The number of rotatable bonds is 13. The predicted molar refractivity (Wildman–Crippen MR) is 175 cm³/mol. The van der Waals surface area contributed by atoms with Crippen LogP contribution in [-0.2, 0) is 20.7 Å². The van der Waals surface area contributed by atoms with Gasteiger partial charge < -0.3 is 24.3 Å². The van der Waals surface area contributed by atoms with Crippen LogP contribution in [0.5, 0.6) is 23.0 Å². The molecule has 5 rings (SSSR count). The number of ketones is 1. The van der Waals surface area contributed by atoms with Crippen LogP contribution in [0.25, 0.3) is 10.9 Å². The molecule has 1 aromatic heterocycles. The maximum absolute atomic E-state index is 14.3. The highest BCUT2D eigenvalue weighted by molar-refractivity contribution is 6.36. The summed E-state index contributed by atoms with van der Waals surface area (Å²) in [5, 5.41) is 3.32. The van der Waals surface area contributed by atoms with E-state index in [0.29, 0.717) is 35.9 Å². The molecule has 0 atom stereocenters. The van der Waals surface area contributed by atoms with Crippen molar-refractivity contribution in [1.82, 2.24) is 15.2 Å². The highest BCUT2D eigenvalue weighted by atomic mass is 19.1. The zero-order valence-electron chi connectivity index (χ0n) is 26.7. The number of hydrogen-bond donors (Lipinski definition) is 1. The van der Waals surface area contributed by atoms with E-state index in [1.54, 1.807) is 32.4 Å². The third kappa shape index (κ3) is 10.3. The molecule has 9 nitrogen and oxygen atoms in total. The Morgan fingerprint density at radius 1 is 0.978 bits per heavy atom. The summed E-state index contributed by atoms with van der Waals surface area (Å²) in [6.45, 7) is 9.09. The summed E-state index contributed by atoms with van der Waals surface area (Å²) in [6.07, 6.45) is 3.56. The Labute approximate surface area is 269 Å². The van der Waals surface area contributed by atoms with Crippen molar-refractivity contribution in [3.63, 3.8) is 0 Å². The number of Topliss-reactive ketones (excluding diaryl/α,β-unsaturated/α-hetero) is 1. The Morgan fingerprint density at radius 3 is 2.48 bits per heavy atom. The first kappa shape index (κ1) is 34.3. The minimum Gasteiger partial charge on any atom is -0.493 e. The molecule has 0 aliphatic carbocycles. The van der Waals surface area contributed by atoms with Gasteiger partial charge in [0.15, 0.2) is 23.1 Å². The van der Waals surface area contributed by atoms with E-state index in [1.165, 1.54) is 6.07 Å². The van der Waals surface area contributed by atoms with E-state index in [2.05, 4.69) is 15.2 Å². The zero-order valence-corrected chi connectivity index (χ0v) is 26.7. The van der Waals surface area contributed by atoms with Gasteiger partial charge in [-0.05, 0) is 55.2 Å². The van der Waals surface area contributed by atoms with E-state index in [9.17, 15) is 14.0 Å². The van der Waals surface area contributed by atoms with Crippen LogP contribution in [-0.4, -0.2) is 74.7 Å². The minimum atomic E-state index is -0.478. The third-order valence-corrected chi connectivity index (χ3v) is 7.39. The van der Waals surface area contributed by atoms with Crippen LogP contribution < -0.4 is 19.5 Å². The quantitative estimate of drug-likeness (QED) is 0.144. The SMILES string of the molecule is CCC(=O)C(=O)NCCc1ccccc1.COc1cc2c(Oc3ccc(C)cc3F)ccnc2cc1OCCCN1CCOCC1. The number of aryl methyl sites for hydroxylation is 1. The number of benzene rings is 3. The van der Waals surface area contributed by atoms with Crippen molar-refractivity contribution in [2.24, 2.45) is 0 Å². The third-order valence-electron chi connectivity index (χ3n) is 7.39. The lowest BCUT2D eigenvalue weighted by Crippen LogP contribution is -2.37. The summed E-state index contributed by atoms with van der Waals surface area (Å²) in [5.41, 5.74) is 2.68. The van der Waals surface area contributed by atoms with E-state index in [4.69, 9.17) is 18.9 Å². The number of hydrogen-bond acceptors (Lipinski definition) is 8. The molecule has 1 fully saturated rings. The van der Waals surface area contributed by atoms with E-state index in [1.807, 2.05) is 55.5 Å². The number of ether oxygens (including phenoxy) is 4. The largest absolute Gasteiger partial charge is 0.493 e. The second-order valence-corrected chi connectivity index (χ2v) is 10.8. The Balaban J connectivity index is 0.000000270. The molecule has 1 amide bonds. The highest BCUT2D eigenvalue weighted by Gasteiger charge is 2.15. The molecule has 3 aromatic carbocycles. The number of morpholine rings is 1. The van der Waals surface area contributed by atoms with Gasteiger partial charge in [-0.15, -0.1) is 0 Å². The first-order valence-electron chi connectivity index (χ1n) is 15.6. The van der Waals surface area contributed by atoms with Crippen LogP contribution in [0, 0.1) is 12.7 Å². The molecule has 10 heteroatoms. The lowest BCUT2D eigenvalue weighted by atomic mass is 10.1. The topological polar surface area (TPSA) is 99.2 Å². The molecule has 0 unspecified atom stereocenters. The molecule has 0 bridgehead atoms. The molecule has 1 aliphatic heterocycles. The maximum Gasteiger partial charge on any atom is 0.287 e. The van der Waals surface area contributed by atoms with Gasteiger partial charge in [-0.1, -0.05) is 43.3 Å². The zero-order chi connectivity index (χ0) is 32.7.